The quantitative estimate of drug-likeness (QED) is 0.824. The van der Waals surface area contributed by atoms with E-state index in [4.69, 9.17) is 4.74 Å². The average Bonchev–Trinajstić information content (AvgIpc) is 2.82. The van der Waals surface area contributed by atoms with Crippen LogP contribution < -0.4 is 15.6 Å². The number of rotatable bonds is 4. The Kier molecular flexibility index (Phi) is 5.57. The molecule has 5 rings (SSSR count). The summed E-state index contributed by atoms with van der Waals surface area (Å²) in [5.74, 6) is 1.71. The number of pyridine rings is 1. The number of benzene rings is 1. The summed E-state index contributed by atoms with van der Waals surface area (Å²) in [6.45, 7) is 3.25. The van der Waals surface area contributed by atoms with E-state index >= 15 is 0 Å². The van der Waals surface area contributed by atoms with Gasteiger partial charge in [0.05, 0.1) is 13.0 Å². The third kappa shape index (κ3) is 3.89. The predicted octanol–water partition coefficient (Wildman–Crippen LogP) is 2.59. The number of carbonyl (C=O) groups excluding carboxylic acids is 1. The van der Waals surface area contributed by atoms with Crippen molar-refractivity contribution in [2.45, 2.75) is 37.6 Å². The molecule has 1 amide bonds. The molecule has 6 heteroatoms. The highest BCUT2D eigenvalue weighted by Gasteiger charge is 2.42. The first kappa shape index (κ1) is 20.3. The Hall–Kier alpha value is -2.60. The van der Waals surface area contributed by atoms with Crippen LogP contribution in [0.15, 0.2) is 47.3 Å². The number of nitrogens with one attached hydrogen (secondary N) is 1. The molecule has 1 aromatic carbocycles. The van der Waals surface area contributed by atoms with Gasteiger partial charge >= 0.3 is 0 Å². The van der Waals surface area contributed by atoms with Crippen LogP contribution in [-0.2, 0) is 11.2 Å². The van der Waals surface area contributed by atoms with Crippen molar-refractivity contribution in [1.29, 1.82) is 0 Å². The zero-order chi connectivity index (χ0) is 21.4. The minimum atomic E-state index is 0.0483. The molecule has 0 unspecified atom stereocenters. The largest absolute Gasteiger partial charge is 0.497 e. The topological polar surface area (TPSA) is 63.6 Å². The number of hydrogen-bond donors (Lipinski definition) is 1. The summed E-state index contributed by atoms with van der Waals surface area (Å²) >= 11 is 0. The number of amides is 1. The Morgan fingerprint density at radius 1 is 1.19 bits per heavy atom. The van der Waals surface area contributed by atoms with Crippen LogP contribution in [0.1, 0.15) is 42.5 Å². The molecule has 0 saturated carbocycles. The molecule has 31 heavy (non-hydrogen) atoms. The molecule has 1 aromatic heterocycles. The highest BCUT2D eigenvalue weighted by atomic mass is 16.5. The van der Waals surface area contributed by atoms with Gasteiger partial charge in [-0.1, -0.05) is 18.2 Å². The van der Waals surface area contributed by atoms with E-state index in [1.54, 1.807) is 13.2 Å². The van der Waals surface area contributed by atoms with Crippen molar-refractivity contribution < 1.29 is 9.53 Å². The molecule has 0 spiro atoms. The van der Waals surface area contributed by atoms with E-state index in [1.807, 2.05) is 22.8 Å². The molecule has 4 atom stereocenters. The van der Waals surface area contributed by atoms with Gasteiger partial charge in [-0.05, 0) is 61.9 Å². The number of nitrogens with zero attached hydrogens (tertiary/aromatic N) is 2. The van der Waals surface area contributed by atoms with Crippen molar-refractivity contribution in [3.63, 3.8) is 0 Å². The van der Waals surface area contributed by atoms with Crippen molar-refractivity contribution in [2.75, 3.05) is 33.3 Å². The molecule has 0 radical (unpaired) electrons. The lowest BCUT2D eigenvalue weighted by Gasteiger charge is -2.48. The monoisotopic (exact) mass is 421 g/mol. The van der Waals surface area contributed by atoms with Gasteiger partial charge in [0.1, 0.15) is 5.75 Å². The van der Waals surface area contributed by atoms with Gasteiger partial charge in [0.15, 0.2) is 0 Å². The minimum Gasteiger partial charge on any atom is -0.497 e. The number of piperidine rings is 2. The number of hydrogen-bond acceptors (Lipinski definition) is 4. The fraction of sp³-hybridized carbons (Fsp3) is 0.520. The van der Waals surface area contributed by atoms with Crippen LogP contribution in [0, 0.1) is 11.8 Å². The van der Waals surface area contributed by atoms with Crippen molar-refractivity contribution in [3.05, 3.63) is 64.1 Å². The zero-order valence-corrected chi connectivity index (χ0v) is 18.1. The average molecular weight is 422 g/mol. The summed E-state index contributed by atoms with van der Waals surface area (Å²) in [7, 11) is 1.68. The van der Waals surface area contributed by atoms with Gasteiger partial charge in [-0.3, -0.25) is 9.59 Å². The summed E-state index contributed by atoms with van der Waals surface area (Å²) < 4.78 is 7.42. The zero-order valence-electron chi connectivity index (χ0n) is 18.1. The van der Waals surface area contributed by atoms with Crippen LogP contribution in [0.4, 0.5) is 0 Å². The van der Waals surface area contributed by atoms with Crippen LogP contribution in [0.25, 0.3) is 0 Å². The molecule has 164 valence electrons. The molecule has 2 bridgehead atoms. The van der Waals surface area contributed by atoms with Gasteiger partial charge in [-0.15, -0.1) is 0 Å². The smallest absolute Gasteiger partial charge is 0.251 e. The fourth-order valence-corrected chi connectivity index (χ4v) is 5.85. The van der Waals surface area contributed by atoms with E-state index in [1.165, 1.54) is 0 Å². The third-order valence-corrected chi connectivity index (χ3v) is 7.34. The second-order valence-electron chi connectivity index (χ2n) is 9.26. The van der Waals surface area contributed by atoms with Gasteiger partial charge in [-0.2, -0.15) is 0 Å². The predicted molar refractivity (Wildman–Crippen MR) is 119 cm³/mol. The van der Waals surface area contributed by atoms with E-state index in [2.05, 4.69) is 28.4 Å². The number of ether oxygens (including phenoxy) is 1. The molecule has 2 fully saturated rings. The first-order valence-electron chi connectivity index (χ1n) is 11.5. The molecule has 3 aliphatic rings. The summed E-state index contributed by atoms with van der Waals surface area (Å²) in [5.41, 5.74) is 2.30. The number of likely N-dealkylation sites (tertiary alicyclic amines) is 1. The highest BCUT2D eigenvalue weighted by Crippen LogP contribution is 2.43. The van der Waals surface area contributed by atoms with E-state index in [9.17, 15) is 9.59 Å². The molecular formula is C25H31N3O3. The maximum absolute atomic E-state index is 13.3. The van der Waals surface area contributed by atoms with Crippen LogP contribution in [0.3, 0.4) is 0 Å². The molecule has 4 heterocycles. The number of aromatic nitrogens is 1. The van der Waals surface area contributed by atoms with Crippen molar-refractivity contribution >= 4 is 5.91 Å². The van der Waals surface area contributed by atoms with Crippen LogP contribution >= 0.6 is 0 Å². The molecule has 6 nitrogen and oxygen atoms in total. The first-order chi connectivity index (χ1) is 15.1. The second kappa shape index (κ2) is 8.50. The number of methoxy groups -OCH3 is 1. The second-order valence-corrected chi connectivity index (χ2v) is 9.26. The molecule has 0 aliphatic carbocycles. The lowest BCUT2D eigenvalue weighted by Crippen LogP contribution is -2.53. The van der Waals surface area contributed by atoms with Gasteiger partial charge < -0.3 is 19.5 Å². The summed E-state index contributed by atoms with van der Waals surface area (Å²) in [5, 5.41) is 3.38. The maximum Gasteiger partial charge on any atom is 0.251 e. The van der Waals surface area contributed by atoms with Crippen molar-refractivity contribution in [2.24, 2.45) is 11.8 Å². The van der Waals surface area contributed by atoms with E-state index < -0.39 is 0 Å². The molecule has 2 saturated heterocycles. The summed E-state index contributed by atoms with van der Waals surface area (Å²) in [6, 6.07) is 13.8. The summed E-state index contributed by atoms with van der Waals surface area (Å²) in [6.07, 6.45) is 3.83. The number of carbonyl (C=O) groups is 1. The van der Waals surface area contributed by atoms with Crippen LogP contribution in [0.2, 0.25) is 0 Å². The van der Waals surface area contributed by atoms with Gasteiger partial charge in [0, 0.05) is 43.4 Å². The normalized spacial score (nSPS) is 27.5. The van der Waals surface area contributed by atoms with E-state index in [-0.39, 0.29) is 35.3 Å². The van der Waals surface area contributed by atoms with Crippen molar-refractivity contribution in [1.82, 2.24) is 14.8 Å². The Morgan fingerprint density at radius 2 is 2.06 bits per heavy atom. The molecule has 2 aromatic rings. The minimum absolute atomic E-state index is 0.0483. The van der Waals surface area contributed by atoms with E-state index in [0.717, 1.165) is 68.9 Å². The molecule has 3 aliphatic heterocycles. The van der Waals surface area contributed by atoms with Crippen LogP contribution in [0.5, 0.6) is 5.75 Å². The molecule has 1 N–H and O–H groups in total. The van der Waals surface area contributed by atoms with Crippen molar-refractivity contribution in [3.8, 4) is 5.75 Å². The van der Waals surface area contributed by atoms with Gasteiger partial charge in [-0.25, -0.2) is 0 Å². The summed E-state index contributed by atoms with van der Waals surface area (Å²) in [4.78, 5) is 28.3. The Balaban J connectivity index is 1.47. The van der Waals surface area contributed by atoms with Crippen LogP contribution in [-0.4, -0.2) is 48.7 Å². The fourth-order valence-electron chi connectivity index (χ4n) is 5.85. The lowest BCUT2D eigenvalue weighted by molar-refractivity contribution is -0.139. The maximum atomic E-state index is 13.3. The Morgan fingerprint density at radius 3 is 2.87 bits per heavy atom. The Labute approximate surface area is 183 Å². The van der Waals surface area contributed by atoms with E-state index in [0.29, 0.717) is 0 Å². The Bertz CT molecular complexity index is 1010. The third-order valence-electron chi connectivity index (χ3n) is 7.34. The lowest BCUT2D eigenvalue weighted by atomic mass is 9.76. The molecular weight excluding hydrogens is 390 g/mol. The first-order valence-corrected chi connectivity index (χ1v) is 11.5. The van der Waals surface area contributed by atoms with Gasteiger partial charge in [0.2, 0.25) is 5.91 Å². The SMILES string of the molecule is COc1cccc(C[C@H]2[C@H]3C[C@H](CN(C(=O)[C@H]4CCCNC4)C3)c3cccc(=O)n32)c1. The number of fused-ring (bicyclic) bond motifs is 4. The highest BCUT2D eigenvalue weighted by molar-refractivity contribution is 5.79. The standard InChI is InChI=1S/C25H31N3O3/c1-31-21-7-2-5-17(11-21)12-23-20-13-19(22-8-3-9-24(29)28(22)23)15-27(16-20)25(30)18-6-4-10-26-14-18/h2-3,5,7-9,11,18-20,23,26H,4,6,10,12-16H2,1H3/t18-,19+,20-,23-/m0/s1. The van der Waals surface area contributed by atoms with Gasteiger partial charge in [0.25, 0.3) is 5.56 Å².